The van der Waals surface area contributed by atoms with Crippen molar-refractivity contribution in [2.45, 2.75) is 32.2 Å². The van der Waals surface area contributed by atoms with Gasteiger partial charge in [0, 0.05) is 32.8 Å². The first kappa shape index (κ1) is 15.7. The third-order valence-electron chi connectivity index (χ3n) is 2.73. The summed E-state index contributed by atoms with van der Waals surface area (Å²) in [6.45, 7) is 6.23. The highest BCUT2D eigenvalue weighted by atomic mass is 32.2. The third-order valence-corrected chi connectivity index (χ3v) is 4.47. The van der Waals surface area contributed by atoms with E-state index in [4.69, 9.17) is 5.26 Å². The van der Waals surface area contributed by atoms with Gasteiger partial charge >= 0.3 is 0 Å². The van der Waals surface area contributed by atoms with E-state index >= 15 is 0 Å². The Morgan fingerprint density at radius 2 is 2.16 bits per heavy atom. The van der Waals surface area contributed by atoms with E-state index in [9.17, 15) is 8.42 Å². The molecule has 0 saturated carbocycles. The van der Waals surface area contributed by atoms with E-state index in [0.717, 1.165) is 0 Å². The molecule has 0 radical (unpaired) electrons. The van der Waals surface area contributed by atoms with Crippen LogP contribution < -0.4 is 0 Å². The number of imidazole rings is 1. The summed E-state index contributed by atoms with van der Waals surface area (Å²) in [5, 5.41) is 8.69. The lowest BCUT2D eigenvalue weighted by atomic mass is 10.2. The molecule has 0 amide bonds. The van der Waals surface area contributed by atoms with Crippen molar-refractivity contribution in [2.24, 2.45) is 13.0 Å². The second-order valence-electron chi connectivity index (χ2n) is 4.90. The Bertz CT molecular complexity index is 550. The van der Waals surface area contributed by atoms with Gasteiger partial charge in [0.15, 0.2) is 5.03 Å². The Morgan fingerprint density at radius 1 is 1.53 bits per heavy atom. The van der Waals surface area contributed by atoms with Crippen LogP contribution in [0, 0.1) is 24.2 Å². The lowest BCUT2D eigenvalue weighted by molar-refractivity contribution is 0.371. The van der Waals surface area contributed by atoms with E-state index in [1.54, 1.807) is 18.5 Å². The summed E-state index contributed by atoms with van der Waals surface area (Å²) in [6.07, 6.45) is 1.68. The molecular formula is C12H20N4O2S. The molecule has 0 bridgehead atoms. The molecule has 19 heavy (non-hydrogen) atoms. The van der Waals surface area contributed by atoms with Crippen LogP contribution in [0.3, 0.4) is 0 Å². The number of hydrogen-bond acceptors (Lipinski definition) is 4. The Hall–Kier alpha value is -1.39. The van der Waals surface area contributed by atoms with Gasteiger partial charge in [0.05, 0.1) is 6.07 Å². The number of nitrogens with zero attached hydrogens (tertiary/aromatic N) is 4. The Kier molecular flexibility index (Phi) is 5.09. The minimum atomic E-state index is -3.62. The molecule has 0 saturated heterocycles. The summed E-state index contributed by atoms with van der Waals surface area (Å²) < 4.78 is 28.0. The molecule has 0 N–H and O–H groups in total. The highest BCUT2D eigenvalue weighted by Crippen LogP contribution is 2.16. The standard InChI is InChI=1S/C12H20N4O2S/c1-10(2)8-16(7-5-6-13)19(17,18)12-9-15(4)11(3)14-12/h9-10H,5,7-8H2,1-4H3. The van der Waals surface area contributed by atoms with Gasteiger partial charge in [-0.1, -0.05) is 13.8 Å². The maximum Gasteiger partial charge on any atom is 0.262 e. The predicted octanol–water partition coefficient (Wildman–Crippen LogP) is 1.29. The molecule has 0 aliphatic heterocycles. The number of rotatable bonds is 6. The first-order valence-corrected chi connectivity index (χ1v) is 7.60. The zero-order valence-electron chi connectivity index (χ0n) is 11.8. The summed E-state index contributed by atoms with van der Waals surface area (Å²) in [5.41, 5.74) is 0. The number of sulfonamides is 1. The van der Waals surface area contributed by atoms with Crippen LogP contribution in [-0.4, -0.2) is 35.4 Å². The first-order chi connectivity index (χ1) is 8.78. The highest BCUT2D eigenvalue weighted by molar-refractivity contribution is 7.89. The molecule has 0 aliphatic rings. The molecule has 1 heterocycles. The van der Waals surface area contributed by atoms with E-state index in [-0.39, 0.29) is 23.9 Å². The van der Waals surface area contributed by atoms with Crippen molar-refractivity contribution in [1.82, 2.24) is 13.9 Å². The van der Waals surface area contributed by atoms with Crippen LogP contribution >= 0.6 is 0 Å². The monoisotopic (exact) mass is 284 g/mol. The van der Waals surface area contributed by atoms with Crippen LogP contribution in [-0.2, 0) is 17.1 Å². The van der Waals surface area contributed by atoms with Crippen LogP contribution in [0.15, 0.2) is 11.2 Å². The number of aryl methyl sites for hydroxylation is 2. The van der Waals surface area contributed by atoms with Gasteiger partial charge in [-0.25, -0.2) is 13.4 Å². The molecule has 0 fully saturated rings. The van der Waals surface area contributed by atoms with Gasteiger partial charge in [0.25, 0.3) is 10.0 Å². The van der Waals surface area contributed by atoms with E-state index < -0.39 is 10.0 Å². The maximum atomic E-state index is 12.5. The molecule has 106 valence electrons. The summed E-state index contributed by atoms with van der Waals surface area (Å²) >= 11 is 0. The van der Waals surface area contributed by atoms with Gasteiger partial charge in [-0.05, 0) is 12.8 Å². The summed E-state index contributed by atoms with van der Waals surface area (Å²) in [6, 6.07) is 1.98. The normalized spacial score (nSPS) is 12.1. The van der Waals surface area contributed by atoms with E-state index in [1.165, 1.54) is 10.5 Å². The van der Waals surface area contributed by atoms with Gasteiger partial charge in [-0.3, -0.25) is 0 Å². The van der Waals surface area contributed by atoms with Crippen molar-refractivity contribution in [3.8, 4) is 6.07 Å². The van der Waals surface area contributed by atoms with Crippen LogP contribution in [0.5, 0.6) is 0 Å². The van der Waals surface area contributed by atoms with E-state index in [2.05, 4.69) is 4.98 Å². The SMILES string of the molecule is Cc1nc(S(=O)(=O)N(CCC#N)CC(C)C)cn1C. The largest absolute Gasteiger partial charge is 0.337 e. The predicted molar refractivity (Wildman–Crippen MR) is 71.8 cm³/mol. The summed E-state index contributed by atoms with van der Waals surface area (Å²) in [5.74, 6) is 0.835. The fraction of sp³-hybridized carbons (Fsp3) is 0.667. The molecular weight excluding hydrogens is 264 g/mol. The number of nitriles is 1. The van der Waals surface area contributed by atoms with Crippen LogP contribution in [0.2, 0.25) is 0 Å². The number of aromatic nitrogens is 2. The van der Waals surface area contributed by atoms with Crippen molar-refractivity contribution in [1.29, 1.82) is 5.26 Å². The average molecular weight is 284 g/mol. The number of hydrogen-bond donors (Lipinski definition) is 0. The van der Waals surface area contributed by atoms with Gasteiger partial charge in [0.1, 0.15) is 5.82 Å². The van der Waals surface area contributed by atoms with Crippen LogP contribution in [0.4, 0.5) is 0 Å². The molecule has 0 unspecified atom stereocenters. The molecule has 1 rings (SSSR count). The fourth-order valence-corrected chi connectivity index (χ4v) is 3.30. The van der Waals surface area contributed by atoms with Gasteiger partial charge in [0.2, 0.25) is 0 Å². The minimum absolute atomic E-state index is 0.0473. The molecule has 0 aliphatic carbocycles. The van der Waals surface area contributed by atoms with Crippen molar-refractivity contribution in [3.63, 3.8) is 0 Å². The van der Waals surface area contributed by atoms with Crippen molar-refractivity contribution >= 4 is 10.0 Å². The lowest BCUT2D eigenvalue weighted by Gasteiger charge is -2.21. The van der Waals surface area contributed by atoms with E-state index in [1.807, 2.05) is 19.9 Å². The van der Waals surface area contributed by atoms with Crippen LogP contribution in [0.1, 0.15) is 26.1 Å². The maximum absolute atomic E-state index is 12.5. The zero-order chi connectivity index (χ0) is 14.6. The Labute approximate surface area is 114 Å². The first-order valence-electron chi connectivity index (χ1n) is 6.16. The van der Waals surface area contributed by atoms with Gasteiger partial charge in [-0.2, -0.15) is 9.57 Å². The molecule has 0 atom stereocenters. The topological polar surface area (TPSA) is 79.0 Å². The highest BCUT2D eigenvalue weighted by Gasteiger charge is 2.27. The molecule has 1 aromatic rings. The van der Waals surface area contributed by atoms with Crippen molar-refractivity contribution < 1.29 is 8.42 Å². The molecule has 0 aromatic carbocycles. The van der Waals surface area contributed by atoms with Crippen molar-refractivity contribution in [3.05, 3.63) is 12.0 Å². The lowest BCUT2D eigenvalue weighted by Crippen LogP contribution is -2.35. The minimum Gasteiger partial charge on any atom is -0.337 e. The quantitative estimate of drug-likeness (QED) is 0.788. The Balaban J connectivity index is 3.08. The fourth-order valence-electron chi connectivity index (χ4n) is 1.67. The molecule has 6 nitrogen and oxygen atoms in total. The summed E-state index contributed by atoms with van der Waals surface area (Å²) in [7, 11) is -1.87. The molecule has 1 aromatic heterocycles. The van der Waals surface area contributed by atoms with Gasteiger partial charge in [-0.15, -0.1) is 0 Å². The third kappa shape index (κ3) is 3.78. The molecule has 0 spiro atoms. The Morgan fingerprint density at radius 3 is 2.58 bits per heavy atom. The second kappa shape index (κ2) is 6.17. The molecule has 7 heteroatoms. The van der Waals surface area contributed by atoms with Gasteiger partial charge < -0.3 is 4.57 Å². The second-order valence-corrected chi connectivity index (χ2v) is 6.79. The summed E-state index contributed by atoms with van der Waals surface area (Å²) in [4.78, 5) is 4.07. The smallest absolute Gasteiger partial charge is 0.262 e. The zero-order valence-corrected chi connectivity index (χ0v) is 12.6. The van der Waals surface area contributed by atoms with Crippen LogP contribution in [0.25, 0.3) is 0 Å². The van der Waals surface area contributed by atoms with Crippen molar-refractivity contribution in [2.75, 3.05) is 13.1 Å². The van der Waals surface area contributed by atoms with E-state index in [0.29, 0.717) is 12.4 Å². The average Bonchev–Trinajstić information content (AvgIpc) is 2.65.